The van der Waals surface area contributed by atoms with Crippen LogP contribution in [0.15, 0.2) is 48.5 Å². The van der Waals surface area contributed by atoms with Crippen LogP contribution in [0.25, 0.3) is 0 Å². The molecule has 1 fully saturated rings. The fourth-order valence-corrected chi connectivity index (χ4v) is 4.78. The van der Waals surface area contributed by atoms with Crippen LogP contribution in [0.1, 0.15) is 37.7 Å². The number of nitrogens with one attached hydrogen (secondary N) is 2. The van der Waals surface area contributed by atoms with Crippen molar-refractivity contribution in [3.05, 3.63) is 59.9 Å². The van der Waals surface area contributed by atoms with Gasteiger partial charge in [0, 0.05) is 28.2 Å². The number of carbonyl (C=O) groups excluding carboxylic acids is 3. The van der Waals surface area contributed by atoms with Gasteiger partial charge in [-0.1, -0.05) is 43.0 Å². The molecule has 0 heterocycles. The van der Waals surface area contributed by atoms with E-state index in [-0.39, 0.29) is 29.9 Å². The molecule has 2 N–H and O–H groups in total. The first-order valence-corrected chi connectivity index (χ1v) is 12.9. The summed E-state index contributed by atoms with van der Waals surface area (Å²) in [4.78, 5) is 39.0. The van der Waals surface area contributed by atoms with E-state index in [1.165, 1.54) is 18.2 Å². The van der Waals surface area contributed by atoms with Crippen LogP contribution in [0.4, 0.5) is 15.8 Å². The number of benzene rings is 2. The summed E-state index contributed by atoms with van der Waals surface area (Å²) in [5.74, 6) is -2.85. The van der Waals surface area contributed by atoms with Gasteiger partial charge in [0.2, 0.25) is 17.7 Å². The van der Waals surface area contributed by atoms with E-state index >= 15 is 0 Å². The SMILES string of the molecule is Cc1ccc(NC(=O)CS(=O)CC(=O)N(CC(=O)NC2CCCCC2)c2cccc(F)c2)cc1. The molecule has 182 valence electrons. The largest absolute Gasteiger partial charge is 0.352 e. The van der Waals surface area contributed by atoms with Gasteiger partial charge in [-0.05, 0) is 50.1 Å². The Balaban J connectivity index is 1.61. The van der Waals surface area contributed by atoms with Crippen LogP contribution in [-0.2, 0) is 25.2 Å². The Bertz CT molecular complexity index is 1040. The van der Waals surface area contributed by atoms with Crippen molar-refractivity contribution >= 4 is 39.9 Å². The van der Waals surface area contributed by atoms with Crippen LogP contribution in [0.2, 0.25) is 0 Å². The van der Waals surface area contributed by atoms with E-state index in [1.54, 1.807) is 12.1 Å². The van der Waals surface area contributed by atoms with E-state index in [4.69, 9.17) is 0 Å². The molecule has 0 radical (unpaired) electrons. The molecule has 2 aromatic rings. The normalized spacial score (nSPS) is 14.8. The van der Waals surface area contributed by atoms with Gasteiger partial charge < -0.3 is 15.5 Å². The zero-order chi connectivity index (χ0) is 24.5. The molecule has 3 amide bonds. The van der Waals surface area contributed by atoms with E-state index in [9.17, 15) is 23.0 Å². The van der Waals surface area contributed by atoms with Crippen LogP contribution >= 0.6 is 0 Å². The van der Waals surface area contributed by atoms with Gasteiger partial charge in [0.15, 0.2) is 0 Å². The lowest BCUT2D eigenvalue weighted by Gasteiger charge is -2.26. The number of carbonyl (C=O) groups is 3. The number of aryl methyl sites for hydroxylation is 1. The molecule has 1 saturated carbocycles. The zero-order valence-corrected chi connectivity index (χ0v) is 20.0. The van der Waals surface area contributed by atoms with Crippen molar-refractivity contribution in [3.8, 4) is 0 Å². The number of nitrogens with zero attached hydrogens (tertiary/aromatic N) is 1. The van der Waals surface area contributed by atoms with E-state index < -0.39 is 34.2 Å². The summed E-state index contributed by atoms with van der Waals surface area (Å²) in [5.41, 5.74) is 1.81. The van der Waals surface area contributed by atoms with E-state index in [2.05, 4.69) is 10.6 Å². The van der Waals surface area contributed by atoms with Crippen molar-refractivity contribution in [1.82, 2.24) is 5.32 Å². The lowest BCUT2D eigenvalue weighted by Crippen LogP contribution is -2.46. The number of hydrogen-bond donors (Lipinski definition) is 2. The molecule has 0 spiro atoms. The fraction of sp³-hybridized carbons (Fsp3) is 0.400. The Morgan fingerprint density at radius 1 is 1.00 bits per heavy atom. The summed E-state index contributed by atoms with van der Waals surface area (Å²) in [7, 11) is -1.81. The highest BCUT2D eigenvalue weighted by Gasteiger charge is 2.24. The molecule has 0 bridgehead atoms. The average molecular weight is 488 g/mol. The summed E-state index contributed by atoms with van der Waals surface area (Å²) in [5, 5.41) is 5.59. The van der Waals surface area contributed by atoms with Crippen molar-refractivity contribution in [2.45, 2.75) is 45.1 Å². The quantitative estimate of drug-likeness (QED) is 0.567. The second kappa shape index (κ2) is 12.4. The van der Waals surface area contributed by atoms with Gasteiger partial charge in [-0.25, -0.2) is 4.39 Å². The van der Waals surface area contributed by atoms with Gasteiger partial charge in [0.25, 0.3) is 0 Å². The van der Waals surface area contributed by atoms with Crippen molar-refractivity contribution in [1.29, 1.82) is 0 Å². The monoisotopic (exact) mass is 487 g/mol. The third-order valence-electron chi connectivity index (χ3n) is 5.60. The Morgan fingerprint density at radius 3 is 2.38 bits per heavy atom. The van der Waals surface area contributed by atoms with E-state index in [0.717, 1.165) is 48.6 Å². The van der Waals surface area contributed by atoms with Crippen LogP contribution in [-0.4, -0.2) is 46.0 Å². The van der Waals surface area contributed by atoms with Crippen molar-refractivity contribution in [3.63, 3.8) is 0 Å². The van der Waals surface area contributed by atoms with Crippen molar-refractivity contribution in [2.75, 3.05) is 28.3 Å². The highest BCUT2D eigenvalue weighted by molar-refractivity contribution is 7.86. The fourth-order valence-electron chi connectivity index (χ4n) is 3.88. The summed E-state index contributed by atoms with van der Waals surface area (Å²) in [6.07, 6.45) is 5.01. The predicted molar refractivity (Wildman–Crippen MR) is 131 cm³/mol. The van der Waals surface area contributed by atoms with Crippen LogP contribution in [0.3, 0.4) is 0 Å². The maximum Gasteiger partial charge on any atom is 0.240 e. The smallest absolute Gasteiger partial charge is 0.240 e. The highest BCUT2D eigenvalue weighted by Crippen LogP contribution is 2.19. The Hall–Kier alpha value is -3.07. The second-order valence-electron chi connectivity index (χ2n) is 8.50. The molecule has 1 aliphatic carbocycles. The van der Waals surface area contributed by atoms with Gasteiger partial charge in [0.05, 0.1) is 0 Å². The van der Waals surface area contributed by atoms with E-state index in [1.807, 2.05) is 19.1 Å². The lowest BCUT2D eigenvalue weighted by atomic mass is 9.95. The Kier molecular flexibility index (Phi) is 9.33. The Labute approximate surface area is 201 Å². The predicted octanol–water partition coefficient (Wildman–Crippen LogP) is 3.30. The van der Waals surface area contributed by atoms with Crippen LogP contribution in [0, 0.1) is 12.7 Å². The Morgan fingerprint density at radius 2 is 1.71 bits per heavy atom. The minimum atomic E-state index is -1.81. The van der Waals surface area contributed by atoms with Gasteiger partial charge in [-0.15, -0.1) is 0 Å². The van der Waals surface area contributed by atoms with Gasteiger partial charge in [0.1, 0.15) is 23.9 Å². The summed E-state index contributed by atoms with van der Waals surface area (Å²) >= 11 is 0. The molecule has 1 unspecified atom stereocenters. The highest BCUT2D eigenvalue weighted by atomic mass is 32.2. The minimum absolute atomic E-state index is 0.0605. The van der Waals surface area contributed by atoms with Crippen molar-refractivity contribution < 1.29 is 23.0 Å². The molecule has 3 rings (SSSR count). The van der Waals surface area contributed by atoms with Crippen LogP contribution < -0.4 is 15.5 Å². The van der Waals surface area contributed by atoms with Crippen LogP contribution in [0.5, 0.6) is 0 Å². The summed E-state index contributed by atoms with van der Waals surface area (Å²) < 4.78 is 26.4. The molecule has 1 atom stereocenters. The third-order valence-corrected chi connectivity index (χ3v) is 6.76. The molecular formula is C25H30FN3O4S. The molecule has 2 aromatic carbocycles. The molecule has 1 aliphatic rings. The van der Waals surface area contributed by atoms with Gasteiger partial charge in [-0.3, -0.25) is 18.6 Å². The number of rotatable bonds is 9. The summed E-state index contributed by atoms with van der Waals surface area (Å²) in [6.45, 7) is 1.61. The first kappa shape index (κ1) is 25.6. The minimum Gasteiger partial charge on any atom is -0.352 e. The first-order valence-electron chi connectivity index (χ1n) is 11.4. The van der Waals surface area contributed by atoms with Gasteiger partial charge in [-0.2, -0.15) is 0 Å². The second-order valence-corrected chi connectivity index (χ2v) is 9.96. The topological polar surface area (TPSA) is 95.6 Å². The van der Waals surface area contributed by atoms with Gasteiger partial charge >= 0.3 is 0 Å². The number of halogens is 1. The van der Waals surface area contributed by atoms with Crippen molar-refractivity contribution in [2.24, 2.45) is 0 Å². The molecule has 0 saturated heterocycles. The number of hydrogen-bond acceptors (Lipinski definition) is 4. The summed E-state index contributed by atoms with van der Waals surface area (Å²) in [6, 6.07) is 12.6. The molecule has 34 heavy (non-hydrogen) atoms. The third kappa shape index (κ3) is 8.06. The average Bonchev–Trinajstić information content (AvgIpc) is 2.79. The lowest BCUT2D eigenvalue weighted by molar-refractivity contribution is -0.123. The molecule has 9 heteroatoms. The molecular weight excluding hydrogens is 457 g/mol. The zero-order valence-electron chi connectivity index (χ0n) is 19.2. The number of anilines is 2. The van der Waals surface area contributed by atoms with E-state index in [0.29, 0.717) is 5.69 Å². The number of amides is 3. The maximum atomic E-state index is 13.8. The first-order chi connectivity index (χ1) is 16.3. The maximum absolute atomic E-state index is 13.8. The molecule has 0 aliphatic heterocycles. The molecule has 0 aromatic heterocycles. The standard InChI is InChI=1S/C25H30FN3O4S/c1-18-10-12-21(13-11-18)28-24(31)16-34(33)17-25(32)29(22-9-5-6-19(26)14-22)15-23(30)27-20-7-3-2-4-8-20/h5-6,9-14,20H,2-4,7-8,15-17H2,1H3,(H,27,30)(H,28,31). The molecule has 7 nitrogen and oxygen atoms in total.